The van der Waals surface area contributed by atoms with Crippen molar-refractivity contribution in [2.24, 2.45) is 33.9 Å². The second-order valence-corrected chi connectivity index (χ2v) is 11.3. The maximum atomic E-state index is 13.2. The molecule has 0 fully saturated rings. The van der Waals surface area contributed by atoms with Crippen LogP contribution in [0.5, 0.6) is 0 Å². The highest BCUT2D eigenvalue weighted by atomic mass is 79.9. The molecule has 0 aliphatic rings. The van der Waals surface area contributed by atoms with Gasteiger partial charge in [-0.1, -0.05) is 6.58 Å². The van der Waals surface area contributed by atoms with Gasteiger partial charge in [0, 0.05) is 65.8 Å². The van der Waals surface area contributed by atoms with E-state index in [9.17, 15) is 28.8 Å². The summed E-state index contributed by atoms with van der Waals surface area (Å²) in [6, 6.07) is 5.90. The maximum Gasteiger partial charge on any atom is 0.274 e. The van der Waals surface area contributed by atoms with Crippen LogP contribution in [0.15, 0.2) is 53.9 Å². The molecule has 0 atom stereocenters. The number of nitrogens with two attached hydrogens (primary N) is 1. The van der Waals surface area contributed by atoms with Gasteiger partial charge >= 0.3 is 0 Å². The first-order chi connectivity index (χ1) is 22.1. The van der Waals surface area contributed by atoms with Crippen LogP contribution >= 0.6 is 15.9 Å². The molecule has 246 valence electrons. The molecule has 17 nitrogen and oxygen atoms in total. The number of primary amides is 1. The van der Waals surface area contributed by atoms with Gasteiger partial charge in [0.2, 0.25) is 5.91 Å². The molecular weight excluding hydrogens is 678 g/mol. The summed E-state index contributed by atoms with van der Waals surface area (Å²) >= 11 is 3.01. The van der Waals surface area contributed by atoms with Crippen molar-refractivity contribution >= 4 is 74.3 Å². The van der Waals surface area contributed by atoms with E-state index >= 15 is 0 Å². The van der Waals surface area contributed by atoms with Gasteiger partial charge in [0.05, 0.1) is 21.5 Å². The number of hydrogen-bond acceptors (Lipinski definition) is 7. The van der Waals surface area contributed by atoms with Gasteiger partial charge in [0.1, 0.15) is 22.8 Å². The van der Waals surface area contributed by atoms with Crippen LogP contribution in [0.3, 0.4) is 0 Å². The third-order valence-corrected chi connectivity index (χ3v) is 7.14. The fourth-order valence-electron chi connectivity index (χ4n) is 4.52. The van der Waals surface area contributed by atoms with Crippen LogP contribution in [0.2, 0.25) is 0 Å². The summed E-state index contributed by atoms with van der Waals surface area (Å²) in [7, 11) is 6.42. The van der Waals surface area contributed by atoms with Gasteiger partial charge < -0.3 is 46.0 Å². The first-order valence-electron chi connectivity index (χ1n) is 13.8. The van der Waals surface area contributed by atoms with Crippen LogP contribution in [0.1, 0.15) is 48.4 Å². The molecule has 4 aromatic rings. The lowest BCUT2D eigenvalue weighted by molar-refractivity contribution is -0.118. The smallest absolute Gasteiger partial charge is 0.274 e. The normalized spacial score (nSPS) is 10.7. The van der Waals surface area contributed by atoms with E-state index in [1.807, 2.05) is 0 Å². The Balaban J connectivity index is 1.40. The third kappa shape index (κ3) is 8.03. The fourth-order valence-corrected chi connectivity index (χ4v) is 4.62. The molecule has 0 aromatic carbocycles. The van der Waals surface area contributed by atoms with Crippen molar-refractivity contribution in [3.8, 4) is 0 Å². The molecule has 4 heterocycles. The second kappa shape index (κ2) is 14.0. The predicted molar refractivity (Wildman–Crippen MR) is 176 cm³/mol. The van der Waals surface area contributed by atoms with Crippen molar-refractivity contribution in [3.63, 3.8) is 0 Å². The summed E-state index contributed by atoms with van der Waals surface area (Å²) < 4.78 is 5.94. The molecule has 0 radical (unpaired) electrons. The summed E-state index contributed by atoms with van der Waals surface area (Å²) in [6.07, 6.45) is 4.69. The van der Waals surface area contributed by atoms with E-state index in [1.165, 1.54) is 39.1 Å². The zero-order chi connectivity index (χ0) is 34.6. The van der Waals surface area contributed by atoms with Gasteiger partial charge in [-0.25, -0.2) is 0 Å². The van der Waals surface area contributed by atoms with Crippen LogP contribution < -0.4 is 32.3 Å². The molecule has 7 N–H and O–H groups in total. The largest absolute Gasteiger partial charge is 0.370 e. The Morgan fingerprint density at radius 3 is 1.94 bits per heavy atom. The Kier molecular flexibility index (Phi) is 10.1. The molecular formula is C29H32BrN11O6. The van der Waals surface area contributed by atoms with Gasteiger partial charge in [0.25, 0.3) is 29.5 Å². The van der Waals surface area contributed by atoms with Crippen molar-refractivity contribution in [2.45, 2.75) is 6.42 Å². The van der Waals surface area contributed by atoms with Gasteiger partial charge in [-0.05, 0) is 34.1 Å². The van der Waals surface area contributed by atoms with Gasteiger partial charge in [-0.2, -0.15) is 5.10 Å². The quantitative estimate of drug-likeness (QED) is 0.119. The SMILES string of the molecule is C=C(Br)C(=O)Nc1ccn(C)c1C(=O)Nc1cc(C(=O)Nc2cc(C(=O)Nc3cc(C(=O)NCCC(N)=O)n(C)n3)n(C)c2)n(C)c1. The Labute approximate surface area is 276 Å². The number of carbonyl (C=O) groups is 6. The number of aromatic nitrogens is 5. The molecule has 0 aliphatic heterocycles. The van der Waals surface area contributed by atoms with Crippen LogP contribution in [0.25, 0.3) is 0 Å². The fraction of sp³-hybridized carbons (Fsp3) is 0.207. The van der Waals surface area contributed by atoms with Crippen LogP contribution in [-0.4, -0.2) is 65.5 Å². The Morgan fingerprint density at radius 2 is 1.36 bits per heavy atom. The molecule has 6 amide bonds. The maximum absolute atomic E-state index is 13.2. The number of hydrogen-bond donors (Lipinski definition) is 6. The minimum Gasteiger partial charge on any atom is -0.370 e. The second-order valence-electron chi connectivity index (χ2n) is 10.4. The molecule has 4 rings (SSSR count). The summed E-state index contributed by atoms with van der Waals surface area (Å²) in [5, 5.41) is 17.4. The molecule has 18 heteroatoms. The minimum atomic E-state index is -0.553. The Hall–Kier alpha value is -5.91. The molecule has 0 bridgehead atoms. The number of nitrogens with zero attached hydrogens (tertiary/aromatic N) is 5. The lowest BCUT2D eigenvalue weighted by Crippen LogP contribution is -2.29. The number of anilines is 4. The average molecular weight is 711 g/mol. The highest BCUT2D eigenvalue weighted by molar-refractivity contribution is 9.12. The van der Waals surface area contributed by atoms with E-state index in [0.29, 0.717) is 11.4 Å². The number of aryl methyl sites for hydroxylation is 4. The van der Waals surface area contributed by atoms with Gasteiger partial charge in [-0.15, -0.1) is 0 Å². The third-order valence-electron chi connectivity index (χ3n) is 6.78. The molecule has 4 aromatic heterocycles. The minimum absolute atomic E-state index is 0.0203. The van der Waals surface area contributed by atoms with Gasteiger partial charge in [0.15, 0.2) is 5.82 Å². The number of amides is 6. The monoisotopic (exact) mass is 709 g/mol. The van der Waals surface area contributed by atoms with E-state index in [-0.39, 0.29) is 51.7 Å². The van der Waals surface area contributed by atoms with Crippen molar-refractivity contribution in [2.75, 3.05) is 27.8 Å². The topological polar surface area (TPSA) is 221 Å². The van der Waals surface area contributed by atoms with Crippen molar-refractivity contribution in [3.05, 3.63) is 76.7 Å². The zero-order valence-corrected chi connectivity index (χ0v) is 27.4. The first-order valence-corrected chi connectivity index (χ1v) is 14.6. The molecule has 0 spiro atoms. The van der Waals surface area contributed by atoms with E-state index < -0.39 is 35.4 Å². The lowest BCUT2D eigenvalue weighted by atomic mass is 10.3. The summed E-state index contributed by atoms with van der Waals surface area (Å²) in [6.45, 7) is 3.58. The van der Waals surface area contributed by atoms with Crippen LogP contribution in [0.4, 0.5) is 22.9 Å². The Bertz CT molecular complexity index is 1930. The molecule has 47 heavy (non-hydrogen) atoms. The highest BCUT2D eigenvalue weighted by Crippen LogP contribution is 2.22. The highest BCUT2D eigenvalue weighted by Gasteiger charge is 2.22. The summed E-state index contributed by atoms with van der Waals surface area (Å²) in [5.41, 5.74) is 6.75. The first kappa shape index (κ1) is 34.0. The van der Waals surface area contributed by atoms with Crippen molar-refractivity contribution in [1.29, 1.82) is 0 Å². The molecule has 0 unspecified atom stereocenters. The van der Waals surface area contributed by atoms with Gasteiger partial charge in [-0.3, -0.25) is 33.4 Å². The standard InChI is InChI=1S/C29H32BrN11O6/c1-15(30)25(43)35-18-7-9-38(2)24(18)29(47)34-17-11-19(39(3)14-17)27(45)33-16-10-20(40(4)13-16)28(46)36-23-12-21(41(5)37-23)26(44)32-8-6-22(31)42/h7,9-14H,1,6,8H2,2-5H3,(H2,31,42)(H,32,44)(H,33,45)(H,34,47)(H,35,43)(H,36,37,46). The lowest BCUT2D eigenvalue weighted by Gasteiger charge is -2.09. The Morgan fingerprint density at radius 1 is 0.787 bits per heavy atom. The average Bonchev–Trinajstić information content (AvgIpc) is 3.74. The van der Waals surface area contributed by atoms with E-state index in [4.69, 9.17) is 5.73 Å². The summed E-state index contributed by atoms with van der Waals surface area (Å²) in [4.78, 5) is 74.6. The number of nitrogens with one attached hydrogen (secondary N) is 5. The number of rotatable bonds is 12. The zero-order valence-electron chi connectivity index (χ0n) is 25.8. The van der Waals surface area contributed by atoms with E-state index in [2.05, 4.69) is 54.2 Å². The summed E-state index contributed by atoms with van der Waals surface area (Å²) in [5.74, 6) is -3.02. The predicted octanol–water partition coefficient (Wildman–Crippen LogP) is 1.64. The molecule has 0 aliphatic carbocycles. The van der Waals surface area contributed by atoms with E-state index in [0.717, 1.165) is 0 Å². The number of carbonyl (C=O) groups excluding carboxylic acids is 6. The van der Waals surface area contributed by atoms with Crippen molar-refractivity contribution in [1.82, 2.24) is 28.8 Å². The molecule has 0 saturated carbocycles. The van der Waals surface area contributed by atoms with Crippen molar-refractivity contribution < 1.29 is 28.8 Å². The van der Waals surface area contributed by atoms with Crippen LogP contribution in [0, 0.1) is 0 Å². The van der Waals surface area contributed by atoms with Crippen LogP contribution in [-0.2, 0) is 37.8 Å². The molecule has 0 saturated heterocycles. The number of halogens is 1. The van der Waals surface area contributed by atoms with E-state index in [1.54, 1.807) is 50.4 Å².